The van der Waals surface area contributed by atoms with Crippen LogP contribution in [0.25, 0.3) is 11.4 Å². The molecule has 3 nitrogen and oxygen atoms in total. The van der Waals surface area contributed by atoms with E-state index in [0.717, 1.165) is 15.7 Å². The quantitative estimate of drug-likeness (QED) is 0.735. The zero-order valence-electron chi connectivity index (χ0n) is 10.4. The van der Waals surface area contributed by atoms with E-state index in [-0.39, 0.29) is 5.41 Å². The highest BCUT2D eigenvalue weighted by molar-refractivity contribution is 9.10. The topological polar surface area (TPSA) is 38.7 Å². The zero-order valence-corrected chi connectivity index (χ0v) is 12.7. The van der Waals surface area contributed by atoms with Crippen LogP contribution >= 0.6 is 27.5 Å². The first-order valence-electron chi connectivity index (χ1n) is 5.52. The predicted molar refractivity (Wildman–Crippen MR) is 76.7 cm³/mol. The molecule has 0 fully saturated rings. The minimum Gasteiger partial charge on any atom is -0.263 e. The summed E-state index contributed by atoms with van der Waals surface area (Å²) in [6, 6.07) is 3.72. The number of aromatic nitrogens is 3. The largest absolute Gasteiger partial charge is 0.263 e. The van der Waals surface area contributed by atoms with Gasteiger partial charge in [0.05, 0.1) is 5.69 Å². The first kappa shape index (κ1) is 13.4. The molecular formula is C13H13BrClN3. The van der Waals surface area contributed by atoms with Gasteiger partial charge in [0.25, 0.3) is 0 Å². The second kappa shape index (κ2) is 4.94. The van der Waals surface area contributed by atoms with Gasteiger partial charge >= 0.3 is 0 Å². The molecule has 2 rings (SSSR count). The molecule has 0 spiro atoms. The molecule has 2 heterocycles. The molecular weight excluding hydrogens is 314 g/mol. The van der Waals surface area contributed by atoms with E-state index in [4.69, 9.17) is 11.6 Å². The third kappa shape index (κ3) is 3.06. The summed E-state index contributed by atoms with van der Waals surface area (Å²) in [6.07, 6.45) is 3.45. The number of rotatable bonds is 1. The third-order valence-corrected chi connectivity index (χ3v) is 3.05. The molecule has 94 valence electrons. The zero-order chi connectivity index (χ0) is 13.3. The minimum absolute atomic E-state index is 0.0687. The van der Waals surface area contributed by atoms with Crippen molar-refractivity contribution in [2.75, 3.05) is 0 Å². The van der Waals surface area contributed by atoms with Crippen molar-refractivity contribution < 1.29 is 0 Å². The first-order valence-corrected chi connectivity index (χ1v) is 6.69. The van der Waals surface area contributed by atoms with Crippen molar-refractivity contribution in [3.8, 4) is 11.4 Å². The Labute approximate surface area is 120 Å². The lowest BCUT2D eigenvalue weighted by Gasteiger charge is -2.18. The molecule has 0 saturated carbocycles. The van der Waals surface area contributed by atoms with Crippen molar-refractivity contribution in [1.82, 2.24) is 15.0 Å². The molecule has 0 atom stereocenters. The Balaban J connectivity index is 2.55. The van der Waals surface area contributed by atoms with Crippen molar-refractivity contribution in [2.24, 2.45) is 0 Å². The summed E-state index contributed by atoms with van der Waals surface area (Å²) in [4.78, 5) is 12.9. The standard InChI is InChI=1S/C13H13BrClN3/c1-13(2,3)10-5-11(15)18-12(17-10)8-4-9(14)7-16-6-8/h4-7H,1-3H3. The van der Waals surface area contributed by atoms with Crippen LogP contribution < -0.4 is 0 Å². The van der Waals surface area contributed by atoms with Gasteiger partial charge in [-0.05, 0) is 28.1 Å². The summed E-state index contributed by atoms with van der Waals surface area (Å²) >= 11 is 9.45. The smallest absolute Gasteiger partial charge is 0.162 e. The van der Waals surface area contributed by atoms with Gasteiger partial charge in [0, 0.05) is 27.8 Å². The lowest BCUT2D eigenvalue weighted by Crippen LogP contribution is -2.14. The van der Waals surface area contributed by atoms with Gasteiger partial charge in [-0.1, -0.05) is 32.4 Å². The van der Waals surface area contributed by atoms with Crippen molar-refractivity contribution in [2.45, 2.75) is 26.2 Å². The van der Waals surface area contributed by atoms with Gasteiger partial charge in [-0.25, -0.2) is 9.97 Å². The van der Waals surface area contributed by atoms with E-state index in [1.54, 1.807) is 18.5 Å². The molecule has 0 aromatic carbocycles. The summed E-state index contributed by atoms with van der Waals surface area (Å²) in [6.45, 7) is 6.28. The van der Waals surface area contributed by atoms with Gasteiger partial charge in [0.2, 0.25) is 0 Å². The molecule has 0 radical (unpaired) electrons. The van der Waals surface area contributed by atoms with Crippen LogP contribution in [0.3, 0.4) is 0 Å². The Morgan fingerprint density at radius 1 is 1.11 bits per heavy atom. The van der Waals surface area contributed by atoms with Gasteiger partial charge in [-0.2, -0.15) is 0 Å². The number of hydrogen-bond donors (Lipinski definition) is 0. The van der Waals surface area contributed by atoms with Crippen LogP contribution in [-0.4, -0.2) is 15.0 Å². The maximum Gasteiger partial charge on any atom is 0.162 e. The van der Waals surface area contributed by atoms with Crippen LogP contribution in [-0.2, 0) is 5.41 Å². The van der Waals surface area contributed by atoms with Crippen LogP contribution in [0.15, 0.2) is 29.0 Å². The van der Waals surface area contributed by atoms with E-state index in [1.807, 2.05) is 6.07 Å². The number of pyridine rings is 1. The van der Waals surface area contributed by atoms with Crippen LogP contribution in [0.4, 0.5) is 0 Å². The number of halogens is 2. The van der Waals surface area contributed by atoms with Crippen LogP contribution in [0.5, 0.6) is 0 Å². The fourth-order valence-electron chi connectivity index (χ4n) is 1.47. The molecule has 0 saturated heterocycles. The average Bonchev–Trinajstić information content (AvgIpc) is 2.27. The minimum atomic E-state index is -0.0687. The van der Waals surface area contributed by atoms with E-state index in [2.05, 4.69) is 51.7 Å². The highest BCUT2D eigenvalue weighted by atomic mass is 79.9. The Morgan fingerprint density at radius 3 is 2.44 bits per heavy atom. The maximum atomic E-state index is 6.06. The third-order valence-electron chi connectivity index (χ3n) is 2.43. The summed E-state index contributed by atoms with van der Waals surface area (Å²) < 4.78 is 0.890. The second-order valence-corrected chi connectivity index (χ2v) is 6.34. The molecule has 0 aliphatic carbocycles. The van der Waals surface area contributed by atoms with Gasteiger partial charge in [-0.15, -0.1) is 0 Å². The van der Waals surface area contributed by atoms with Crippen molar-refractivity contribution in [3.05, 3.63) is 39.8 Å². The second-order valence-electron chi connectivity index (χ2n) is 5.04. The van der Waals surface area contributed by atoms with E-state index < -0.39 is 0 Å². The van der Waals surface area contributed by atoms with Gasteiger partial charge in [0.1, 0.15) is 5.15 Å². The summed E-state index contributed by atoms with van der Waals surface area (Å²) in [5, 5.41) is 0.449. The van der Waals surface area contributed by atoms with Crippen molar-refractivity contribution >= 4 is 27.5 Å². The molecule has 2 aromatic rings. The monoisotopic (exact) mass is 325 g/mol. The maximum absolute atomic E-state index is 6.06. The highest BCUT2D eigenvalue weighted by Gasteiger charge is 2.18. The molecule has 5 heteroatoms. The normalized spacial score (nSPS) is 11.6. The molecule has 2 aromatic heterocycles. The summed E-state index contributed by atoms with van der Waals surface area (Å²) in [7, 11) is 0. The van der Waals surface area contributed by atoms with Gasteiger partial charge in [-0.3, -0.25) is 4.98 Å². The van der Waals surface area contributed by atoms with Gasteiger partial charge < -0.3 is 0 Å². The van der Waals surface area contributed by atoms with Crippen molar-refractivity contribution in [3.63, 3.8) is 0 Å². The van der Waals surface area contributed by atoms with Crippen LogP contribution in [0.2, 0.25) is 5.15 Å². The molecule has 0 aliphatic heterocycles. The molecule has 18 heavy (non-hydrogen) atoms. The molecule has 0 unspecified atom stereocenters. The van der Waals surface area contributed by atoms with E-state index in [1.165, 1.54) is 0 Å². The Hall–Kier alpha value is -1.00. The van der Waals surface area contributed by atoms with E-state index in [0.29, 0.717) is 11.0 Å². The lowest BCUT2D eigenvalue weighted by atomic mass is 9.92. The Bertz CT molecular complexity index is 579. The number of hydrogen-bond acceptors (Lipinski definition) is 3. The molecule has 0 bridgehead atoms. The highest BCUT2D eigenvalue weighted by Crippen LogP contribution is 2.26. The van der Waals surface area contributed by atoms with Gasteiger partial charge in [0.15, 0.2) is 5.82 Å². The van der Waals surface area contributed by atoms with Crippen LogP contribution in [0, 0.1) is 0 Å². The summed E-state index contributed by atoms with van der Waals surface area (Å²) in [5.41, 5.74) is 1.69. The molecule has 0 amide bonds. The molecule has 0 aliphatic rings. The average molecular weight is 327 g/mol. The van der Waals surface area contributed by atoms with Crippen LogP contribution in [0.1, 0.15) is 26.5 Å². The van der Waals surface area contributed by atoms with E-state index in [9.17, 15) is 0 Å². The lowest BCUT2D eigenvalue weighted by molar-refractivity contribution is 0.568. The summed E-state index contributed by atoms with van der Waals surface area (Å²) in [5.74, 6) is 0.598. The molecule has 0 N–H and O–H groups in total. The van der Waals surface area contributed by atoms with E-state index >= 15 is 0 Å². The predicted octanol–water partition coefficient (Wildman–Crippen LogP) is 4.25. The Morgan fingerprint density at radius 2 is 1.83 bits per heavy atom. The fraction of sp³-hybridized carbons (Fsp3) is 0.308. The Kier molecular flexibility index (Phi) is 3.69. The number of nitrogens with zero attached hydrogens (tertiary/aromatic N) is 3. The fourth-order valence-corrected chi connectivity index (χ4v) is 2.01. The van der Waals surface area contributed by atoms with Crippen molar-refractivity contribution in [1.29, 1.82) is 0 Å². The first-order chi connectivity index (χ1) is 8.36. The SMILES string of the molecule is CC(C)(C)c1cc(Cl)nc(-c2cncc(Br)c2)n1.